The fraction of sp³-hybridized carbons (Fsp3) is 0.793. The molecule has 2 rings (SSSR count). The molecular weight excluding hydrogens is 412 g/mol. The Morgan fingerprint density at radius 1 is 0.727 bits per heavy atom. The minimum Gasteiger partial charge on any atom is -0.456 e. The molecule has 2 aliphatic carbocycles. The van der Waals surface area contributed by atoms with Crippen molar-refractivity contribution in [2.24, 2.45) is 11.8 Å². The first-order valence-electron chi connectivity index (χ1n) is 13.4. The molecule has 0 heterocycles. The third-order valence-electron chi connectivity index (χ3n) is 7.99. The number of carbonyl (C=O) groups is 2. The van der Waals surface area contributed by atoms with Crippen LogP contribution in [0.4, 0.5) is 0 Å². The normalized spacial score (nSPS) is 29.8. The number of hydrogen-bond acceptors (Lipinski definition) is 4. The average molecular weight is 461 g/mol. The summed E-state index contributed by atoms with van der Waals surface area (Å²) >= 11 is 0. The van der Waals surface area contributed by atoms with Crippen molar-refractivity contribution in [3.8, 4) is 0 Å². The zero-order chi connectivity index (χ0) is 24.5. The van der Waals surface area contributed by atoms with E-state index in [1.54, 1.807) is 13.8 Å². The molecule has 4 nitrogen and oxygen atoms in total. The van der Waals surface area contributed by atoms with E-state index >= 15 is 0 Å². The van der Waals surface area contributed by atoms with Crippen molar-refractivity contribution in [2.45, 2.75) is 135 Å². The Morgan fingerprint density at radius 3 is 1.33 bits per heavy atom. The number of rotatable bonds is 12. The summed E-state index contributed by atoms with van der Waals surface area (Å²) in [7, 11) is 0. The molecule has 188 valence electrons. The van der Waals surface area contributed by atoms with Gasteiger partial charge in [-0.3, -0.25) is 0 Å². The summed E-state index contributed by atoms with van der Waals surface area (Å²) in [5.74, 6) is 0.943. The predicted molar refractivity (Wildman–Crippen MR) is 135 cm³/mol. The van der Waals surface area contributed by atoms with Gasteiger partial charge in [-0.15, -0.1) is 0 Å². The summed E-state index contributed by atoms with van der Waals surface area (Å²) in [6.45, 7) is 15.4. The minimum atomic E-state index is -0.291. The zero-order valence-electron chi connectivity index (χ0n) is 21.8. The summed E-state index contributed by atoms with van der Waals surface area (Å²) in [5.41, 5.74) is 0.408. The predicted octanol–water partition coefficient (Wildman–Crippen LogP) is 7.85. The van der Waals surface area contributed by atoms with Gasteiger partial charge in [0.05, 0.1) is 0 Å². The van der Waals surface area contributed by atoms with Crippen LogP contribution in [0.15, 0.2) is 24.3 Å². The Morgan fingerprint density at radius 2 is 1.06 bits per heavy atom. The van der Waals surface area contributed by atoms with E-state index < -0.39 is 0 Å². The highest BCUT2D eigenvalue weighted by molar-refractivity contribution is 5.87. The summed E-state index contributed by atoms with van der Waals surface area (Å²) in [4.78, 5) is 24.5. The lowest BCUT2D eigenvalue weighted by molar-refractivity contribution is -0.161. The molecule has 0 amide bonds. The lowest BCUT2D eigenvalue weighted by atomic mass is 9.69. The van der Waals surface area contributed by atoms with Gasteiger partial charge in [-0.05, 0) is 109 Å². The average Bonchev–Trinajstić information content (AvgIpc) is 2.79. The molecule has 2 fully saturated rings. The molecule has 2 aliphatic rings. The molecule has 0 radical (unpaired) electrons. The van der Waals surface area contributed by atoms with E-state index in [-0.39, 0.29) is 23.1 Å². The van der Waals surface area contributed by atoms with Crippen molar-refractivity contribution >= 4 is 11.9 Å². The molecule has 0 aromatic carbocycles. The van der Waals surface area contributed by atoms with Crippen LogP contribution in [-0.2, 0) is 19.1 Å². The van der Waals surface area contributed by atoms with E-state index in [0.717, 1.165) is 89.9 Å². The van der Waals surface area contributed by atoms with Crippen LogP contribution < -0.4 is 0 Å². The SMILES string of the molecule is C=C(C)C(=O)OC1(CCCC)CCC(CC2CCC(CCCC)(OC(=O)C(=C)C)CC2)CC1. The van der Waals surface area contributed by atoms with Gasteiger partial charge in [-0.1, -0.05) is 39.8 Å². The Labute approximate surface area is 202 Å². The van der Waals surface area contributed by atoms with Gasteiger partial charge in [-0.2, -0.15) is 0 Å². The van der Waals surface area contributed by atoms with E-state index in [4.69, 9.17) is 9.47 Å². The van der Waals surface area contributed by atoms with Gasteiger partial charge < -0.3 is 9.47 Å². The molecule has 4 heteroatoms. The van der Waals surface area contributed by atoms with Crippen LogP contribution >= 0.6 is 0 Å². The van der Waals surface area contributed by atoms with Gasteiger partial charge >= 0.3 is 11.9 Å². The Hall–Kier alpha value is -1.58. The van der Waals surface area contributed by atoms with Gasteiger partial charge in [-0.25, -0.2) is 9.59 Å². The van der Waals surface area contributed by atoms with E-state index in [9.17, 15) is 9.59 Å². The number of carbonyl (C=O) groups excluding carboxylic acids is 2. The standard InChI is InChI=1S/C29H48O4/c1-7-9-15-28(32-26(30)22(3)4)17-11-24(12-18-28)21-25-13-19-29(20-14-25,16-10-8-2)33-27(31)23(5)6/h24-25H,3,5,7-21H2,1-2,4,6H3. The second-order valence-electron chi connectivity index (χ2n) is 11.0. The van der Waals surface area contributed by atoms with Crippen molar-refractivity contribution in [2.75, 3.05) is 0 Å². The molecule has 0 atom stereocenters. The molecule has 0 aromatic heterocycles. The molecule has 0 bridgehead atoms. The number of unbranched alkanes of at least 4 members (excludes halogenated alkanes) is 2. The molecule has 2 saturated carbocycles. The fourth-order valence-electron chi connectivity index (χ4n) is 5.72. The largest absolute Gasteiger partial charge is 0.456 e. The third kappa shape index (κ3) is 8.30. The van der Waals surface area contributed by atoms with Crippen LogP contribution in [0.5, 0.6) is 0 Å². The molecule has 0 spiro atoms. The summed E-state index contributed by atoms with van der Waals surface area (Å²) < 4.78 is 12.0. The smallest absolute Gasteiger partial charge is 0.333 e. The molecule has 0 aliphatic heterocycles. The number of ether oxygens (including phenoxy) is 2. The summed E-state index contributed by atoms with van der Waals surface area (Å²) in [6, 6.07) is 0. The van der Waals surface area contributed by atoms with Crippen molar-refractivity contribution in [1.29, 1.82) is 0 Å². The molecule has 0 N–H and O–H groups in total. The lowest BCUT2D eigenvalue weighted by Crippen LogP contribution is -2.41. The highest BCUT2D eigenvalue weighted by atomic mass is 16.6. The van der Waals surface area contributed by atoms with Crippen LogP contribution in [-0.4, -0.2) is 23.1 Å². The van der Waals surface area contributed by atoms with E-state index in [0.29, 0.717) is 23.0 Å². The number of hydrogen-bond donors (Lipinski definition) is 0. The first kappa shape index (κ1) is 27.7. The fourth-order valence-corrected chi connectivity index (χ4v) is 5.72. The van der Waals surface area contributed by atoms with Crippen molar-refractivity contribution in [1.82, 2.24) is 0 Å². The van der Waals surface area contributed by atoms with Crippen molar-refractivity contribution in [3.05, 3.63) is 24.3 Å². The van der Waals surface area contributed by atoms with Gasteiger partial charge in [0.25, 0.3) is 0 Å². The van der Waals surface area contributed by atoms with Crippen LogP contribution in [0.2, 0.25) is 0 Å². The highest BCUT2D eigenvalue weighted by Gasteiger charge is 2.41. The van der Waals surface area contributed by atoms with Gasteiger partial charge in [0.2, 0.25) is 0 Å². The maximum Gasteiger partial charge on any atom is 0.333 e. The minimum absolute atomic E-state index is 0.232. The Kier molecular flexibility index (Phi) is 10.7. The van der Waals surface area contributed by atoms with Gasteiger partial charge in [0.1, 0.15) is 11.2 Å². The molecule has 33 heavy (non-hydrogen) atoms. The maximum atomic E-state index is 12.3. The van der Waals surface area contributed by atoms with Gasteiger partial charge in [0, 0.05) is 11.1 Å². The van der Waals surface area contributed by atoms with Crippen molar-refractivity contribution < 1.29 is 19.1 Å². The first-order valence-corrected chi connectivity index (χ1v) is 13.4. The zero-order valence-corrected chi connectivity index (χ0v) is 21.8. The number of esters is 2. The molecule has 0 aromatic rings. The lowest BCUT2D eigenvalue weighted by Gasteiger charge is -2.43. The molecule has 0 unspecified atom stereocenters. The van der Waals surface area contributed by atoms with Crippen molar-refractivity contribution in [3.63, 3.8) is 0 Å². The molecule has 0 saturated heterocycles. The second kappa shape index (κ2) is 12.8. The topological polar surface area (TPSA) is 52.6 Å². The highest BCUT2D eigenvalue weighted by Crippen LogP contribution is 2.45. The summed E-state index contributed by atoms with van der Waals surface area (Å²) in [5, 5.41) is 0. The van der Waals surface area contributed by atoms with Gasteiger partial charge in [0.15, 0.2) is 0 Å². The van der Waals surface area contributed by atoms with Crippen LogP contribution in [0.3, 0.4) is 0 Å². The Bertz CT molecular complexity index is 618. The molecular formula is C29H48O4. The van der Waals surface area contributed by atoms with Crippen LogP contribution in [0.25, 0.3) is 0 Å². The van der Waals surface area contributed by atoms with Crippen LogP contribution in [0, 0.1) is 11.8 Å². The summed E-state index contributed by atoms with van der Waals surface area (Å²) in [6.07, 6.45) is 16.0. The van der Waals surface area contributed by atoms with E-state index in [2.05, 4.69) is 27.0 Å². The van der Waals surface area contributed by atoms with E-state index in [1.165, 1.54) is 6.42 Å². The monoisotopic (exact) mass is 460 g/mol. The van der Waals surface area contributed by atoms with Crippen LogP contribution in [0.1, 0.15) is 124 Å². The quantitative estimate of drug-likeness (QED) is 0.220. The first-order chi connectivity index (χ1) is 15.6. The van der Waals surface area contributed by atoms with E-state index in [1.807, 2.05) is 0 Å². The second-order valence-corrected chi connectivity index (χ2v) is 11.0. The maximum absolute atomic E-state index is 12.3. The Balaban J connectivity index is 1.90. The third-order valence-corrected chi connectivity index (χ3v) is 7.99.